The molecule has 4 rings (SSSR count). The van der Waals surface area contributed by atoms with Gasteiger partial charge in [0.1, 0.15) is 19.0 Å². The molecule has 134 valence electrons. The van der Waals surface area contributed by atoms with Gasteiger partial charge in [-0.2, -0.15) is 5.10 Å². The zero-order valence-electron chi connectivity index (χ0n) is 14.3. The van der Waals surface area contributed by atoms with Crippen LogP contribution < -0.4 is 5.32 Å². The number of hydrogen-bond acceptors (Lipinski definition) is 6. The lowest BCUT2D eigenvalue weighted by Crippen LogP contribution is -2.23. The van der Waals surface area contributed by atoms with Crippen LogP contribution >= 0.6 is 0 Å². The molecule has 27 heavy (non-hydrogen) atoms. The van der Waals surface area contributed by atoms with Gasteiger partial charge in [0, 0.05) is 12.1 Å². The van der Waals surface area contributed by atoms with Crippen molar-refractivity contribution in [2.45, 2.75) is 13.1 Å². The van der Waals surface area contributed by atoms with Crippen LogP contribution in [-0.4, -0.2) is 40.9 Å². The molecule has 4 aromatic rings. The number of rotatable bonds is 6. The predicted molar refractivity (Wildman–Crippen MR) is 95.9 cm³/mol. The molecule has 0 bridgehead atoms. The molecule has 0 atom stereocenters. The lowest BCUT2D eigenvalue weighted by molar-refractivity contribution is 0.0951. The van der Waals surface area contributed by atoms with Crippen molar-refractivity contribution in [3.63, 3.8) is 0 Å². The molecule has 9 heteroatoms. The Morgan fingerprint density at radius 2 is 1.93 bits per heavy atom. The van der Waals surface area contributed by atoms with Gasteiger partial charge < -0.3 is 5.32 Å². The Labute approximate surface area is 154 Å². The number of carbonyl (C=O) groups excluding carboxylic acids is 1. The van der Waals surface area contributed by atoms with Crippen molar-refractivity contribution in [3.05, 3.63) is 84.2 Å². The second kappa shape index (κ2) is 7.56. The summed E-state index contributed by atoms with van der Waals surface area (Å²) >= 11 is 0. The summed E-state index contributed by atoms with van der Waals surface area (Å²) < 4.78 is 3.26. The number of nitrogens with zero attached hydrogens (tertiary/aromatic N) is 7. The summed E-state index contributed by atoms with van der Waals surface area (Å²) in [6.45, 7) is 1.06. The normalized spacial score (nSPS) is 10.7. The Hall–Kier alpha value is -3.88. The minimum absolute atomic E-state index is 0.161. The zero-order valence-corrected chi connectivity index (χ0v) is 14.3. The van der Waals surface area contributed by atoms with Crippen molar-refractivity contribution in [1.29, 1.82) is 0 Å². The van der Waals surface area contributed by atoms with Crippen LogP contribution in [0.3, 0.4) is 0 Å². The Bertz CT molecular complexity index is 1030. The smallest absolute Gasteiger partial charge is 0.251 e. The van der Waals surface area contributed by atoms with Crippen LogP contribution in [0.5, 0.6) is 0 Å². The van der Waals surface area contributed by atoms with E-state index in [1.807, 2.05) is 30.3 Å². The summed E-state index contributed by atoms with van der Waals surface area (Å²) in [7, 11) is 0. The SMILES string of the molecule is O=C(NCc1cccc(Cn2cncn2)c1)c1cccc(-n2cnnn2)c1. The summed E-state index contributed by atoms with van der Waals surface area (Å²) in [4.78, 5) is 16.4. The van der Waals surface area contributed by atoms with Crippen LogP contribution in [-0.2, 0) is 13.1 Å². The average molecular weight is 360 g/mol. The van der Waals surface area contributed by atoms with Gasteiger partial charge in [-0.15, -0.1) is 5.10 Å². The molecule has 2 aromatic carbocycles. The molecule has 0 saturated heterocycles. The lowest BCUT2D eigenvalue weighted by Gasteiger charge is -2.08. The van der Waals surface area contributed by atoms with Gasteiger partial charge in [0.15, 0.2) is 0 Å². The molecule has 1 N–H and O–H groups in total. The minimum Gasteiger partial charge on any atom is -0.348 e. The first-order valence-corrected chi connectivity index (χ1v) is 8.30. The number of amides is 1. The molecule has 1 amide bonds. The molecular weight excluding hydrogens is 344 g/mol. The molecule has 0 aliphatic rings. The van der Waals surface area contributed by atoms with E-state index in [0.717, 1.165) is 16.8 Å². The molecule has 2 aromatic heterocycles. The van der Waals surface area contributed by atoms with Gasteiger partial charge in [-0.05, 0) is 39.8 Å². The number of tetrazole rings is 1. The van der Waals surface area contributed by atoms with Crippen molar-refractivity contribution in [3.8, 4) is 5.69 Å². The van der Waals surface area contributed by atoms with Crippen LogP contribution in [0, 0.1) is 0 Å². The lowest BCUT2D eigenvalue weighted by atomic mass is 10.1. The Balaban J connectivity index is 1.41. The highest BCUT2D eigenvalue weighted by molar-refractivity contribution is 5.94. The van der Waals surface area contributed by atoms with Crippen LogP contribution in [0.25, 0.3) is 5.69 Å². The van der Waals surface area contributed by atoms with Crippen LogP contribution in [0.15, 0.2) is 67.5 Å². The Kier molecular flexibility index (Phi) is 4.64. The van der Waals surface area contributed by atoms with Crippen molar-refractivity contribution in [2.75, 3.05) is 0 Å². The fraction of sp³-hybridized carbons (Fsp3) is 0.111. The third-order valence-electron chi connectivity index (χ3n) is 3.98. The predicted octanol–water partition coefficient (Wildman–Crippen LogP) is 1.23. The van der Waals surface area contributed by atoms with E-state index in [0.29, 0.717) is 18.7 Å². The molecule has 0 unspecified atom stereocenters. The third-order valence-corrected chi connectivity index (χ3v) is 3.98. The number of carbonyl (C=O) groups is 1. The van der Waals surface area contributed by atoms with E-state index in [-0.39, 0.29) is 5.91 Å². The van der Waals surface area contributed by atoms with E-state index in [2.05, 4.69) is 30.9 Å². The third kappa shape index (κ3) is 4.03. The maximum absolute atomic E-state index is 12.5. The van der Waals surface area contributed by atoms with Crippen LogP contribution in [0.1, 0.15) is 21.5 Å². The van der Waals surface area contributed by atoms with Crippen LogP contribution in [0.2, 0.25) is 0 Å². The van der Waals surface area contributed by atoms with E-state index in [4.69, 9.17) is 0 Å². The Morgan fingerprint density at radius 3 is 2.74 bits per heavy atom. The summed E-state index contributed by atoms with van der Waals surface area (Å²) in [6.07, 6.45) is 4.66. The fourth-order valence-electron chi connectivity index (χ4n) is 2.69. The number of hydrogen-bond donors (Lipinski definition) is 1. The van der Waals surface area contributed by atoms with Gasteiger partial charge >= 0.3 is 0 Å². The van der Waals surface area contributed by atoms with E-state index < -0.39 is 0 Å². The standard InChI is InChI=1S/C18H16N8O/c27-18(16-5-2-6-17(8-16)26-13-21-23-24-26)20-9-14-3-1-4-15(7-14)10-25-12-19-11-22-25/h1-8,11-13H,9-10H2,(H,20,27). The fourth-order valence-corrected chi connectivity index (χ4v) is 2.69. The second-order valence-electron chi connectivity index (χ2n) is 5.90. The highest BCUT2D eigenvalue weighted by atomic mass is 16.1. The first kappa shape index (κ1) is 16.6. The molecule has 0 aliphatic carbocycles. The first-order valence-electron chi connectivity index (χ1n) is 8.30. The van der Waals surface area contributed by atoms with Crippen molar-refractivity contribution < 1.29 is 4.79 Å². The Morgan fingerprint density at radius 1 is 1.04 bits per heavy atom. The molecule has 0 spiro atoms. The molecule has 0 saturated carbocycles. The minimum atomic E-state index is -0.161. The summed E-state index contributed by atoms with van der Waals surface area (Å²) in [6, 6.07) is 15.1. The van der Waals surface area contributed by atoms with E-state index in [1.54, 1.807) is 29.2 Å². The maximum Gasteiger partial charge on any atom is 0.251 e. The molecule has 2 heterocycles. The summed E-state index contributed by atoms with van der Waals surface area (Å²) in [5.74, 6) is -0.161. The largest absolute Gasteiger partial charge is 0.348 e. The highest BCUT2D eigenvalue weighted by Gasteiger charge is 2.08. The molecule has 0 radical (unpaired) electrons. The number of benzene rings is 2. The van der Waals surface area contributed by atoms with Crippen molar-refractivity contribution in [1.82, 2.24) is 40.3 Å². The van der Waals surface area contributed by atoms with E-state index in [1.165, 1.54) is 17.3 Å². The van der Waals surface area contributed by atoms with Gasteiger partial charge in [-0.25, -0.2) is 14.3 Å². The molecule has 0 aliphatic heterocycles. The van der Waals surface area contributed by atoms with E-state index in [9.17, 15) is 4.79 Å². The maximum atomic E-state index is 12.5. The van der Waals surface area contributed by atoms with Gasteiger partial charge in [-0.1, -0.05) is 30.3 Å². The number of nitrogens with one attached hydrogen (secondary N) is 1. The van der Waals surface area contributed by atoms with Gasteiger partial charge in [0.25, 0.3) is 5.91 Å². The van der Waals surface area contributed by atoms with Gasteiger partial charge in [0.2, 0.25) is 0 Å². The quantitative estimate of drug-likeness (QED) is 0.555. The number of aromatic nitrogens is 7. The van der Waals surface area contributed by atoms with Gasteiger partial charge in [0.05, 0.1) is 12.2 Å². The average Bonchev–Trinajstić information content (AvgIpc) is 3.41. The van der Waals surface area contributed by atoms with Crippen molar-refractivity contribution >= 4 is 5.91 Å². The molecule has 9 nitrogen and oxygen atoms in total. The monoisotopic (exact) mass is 360 g/mol. The second-order valence-corrected chi connectivity index (χ2v) is 5.90. The molecule has 0 fully saturated rings. The van der Waals surface area contributed by atoms with E-state index >= 15 is 0 Å². The van der Waals surface area contributed by atoms with Gasteiger partial charge in [-0.3, -0.25) is 4.79 Å². The molecular formula is C18H16N8O. The summed E-state index contributed by atoms with van der Waals surface area (Å²) in [5, 5.41) is 18.1. The topological polar surface area (TPSA) is 103 Å². The van der Waals surface area contributed by atoms with Crippen molar-refractivity contribution in [2.24, 2.45) is 0 Å². The zero-order chi connectivity index (χ0) is 18.5. The highest BCUT2D eigenvalue weighted by Crippen LogP contribution is 2.10. The summed E-state index contributed by atoms with van der Waals surface area (Å²) in [5.41, 5.74) is 3.37. The van der Waals surface area contributed by atoms with Crippen LogP contribution in [0.4, 0.5) is 0 Å². The first-order chi connectivity index (χ1) is 13.3.